The summed E-state index contributed by atoms with van der Waals surface area (Å²) < 4.78 is 4.77. The van der Waals surface area contributed by atoms with Crippen molar-refractivity contribution in [3.05, 3.63) is 39.9 Å². The van der Waals surface area contributed by atoms with Crippen LogP contribution in [0.15, 0.2) is 23.0 Å². The van der Waals surface area contributed by atoms with Gasteiger partial charge in [0.1, 0.15) is 5.82 Å². The summed E-state index contributed by atoms with van der Waals surface area (Å²) in [6.07, 6.45) is 7.84. The first-order valence-electron chi connectivity index (χ1n) is 11.2. The molecule has 7 heteroatoms. The van der Waals surface area contributed by atoms with Crippen LogP contribution in [-0.4, -0.2) is 65.6 Å². The Hall–Kier alpha value is -2.25. The third-order valence-electron chi connectivity index (χ3n) is 6.47. The number of nitrogens with zero attached hydrogens (tertiary/aromatic N) is 3. The van der Waals surface area contributed by atoms with E-state index in [0.29, 0.717) is 28.8 Å². The maximum absolute atomic E-state index is 12.5. The topological polar surface area (TPSA) is 78.5 Å². The van der Waals surface area contributed by atoms with Gasteiger partial charge in [-0.05, 0) is 76.0 Å². The molecule has 2 aliphatic rings. The number of benzene rings is 1. The van der Waals surface area contributed by atoms with Crippen molar-refractivity contribution in [3.63, 3.8) is 0 Å². The van der Waals surface area contributed by atoms with Crippen LogP contribution < -0.4 is 5.56 Å². The van der Waals surface area contributed by atoms with Crippen LogP contribution in [0, 0.1) is 5.92 Å². The van der Waals surface area contributed by atoms with Crippen molar-refractivity contribution in [2.45, 2.75) is 45.1 Å². The van der Waals surface area contributed by atoms with E-state index in [1.807, 2.05) is 0 Å². The van der Waals surface area contributed by atoms with Crippen LogP contribution in [-0.2, 0) is 11.3 Å². The van der Waals surface area contributed by atoms with Crippen LogP contribution in [0.3, 0.4) is 0 Å². The van der Waals surface area contributed by atoms with Gasteiger partial charge in [0.2, 0.25) is 0 Å². The molecule has 0 aliphatic carbocycles. The summed E-state index contributed by atoms with van der Waals surface area (Å²) in [5.41, 5.74) is 0.776. The fourth-order valence-electron chi connectivity index (χ4n) is 4.73. The maximum Gasteiger partial charge on any atom is 0.337 e. The molecule has 0 saturated carbocycles. The summed E-state index contributed by atoms with van der Waals surface area (Å²) in [5, 5.41) is 0.488. The van der Waals surface area contributed by atoms with Gasteiger partial charge in [-0.2, -0.15) is 0 Å². The summed E-state index contributed by atoms with van der Waals surface area (Å²) in [7, 11) is 1.35. The molecule has 7 nitrogen and oxygen atoms in total. The highest BCUT2D eigenvalue weighted by atomic mass is 16.5. The average Bonchev–Trinajstić information content (AvgIpc) is 3.03. The fraction of sp³-hybridized carbons (Fsp3) is 0.609. The number of likely N-dealkylation sites (tertiary alicyclic amines) is 2. The number of carbonyl (C=O) groups excluding carboxylic acids is 1. The smallest absolute Gasteiger partial charge is 0.337 e. The molecule has 2 aromatic rings. The summed E-state index contributed by atoms with van der Waals surface area (Å²) >= 11 is 0. The molecular formula is C23H32N4O3. The second kappa shape index (κ2) is 9.71. The predicted octanol–water partition coefficient (Wildman–Crippen LogP) is 2.80. The molecule has 3 heterocycles. The zero-order valence-corrected chi connectivity index (χ0v) is 17.9. The van der Waals surface area contributed by atoms with Gasteiger partial charge in [0.15, 0.2) is 0 Å². The first-order chi connectivity index (χ1) is 14.6. The lowest BCUT2D eigenvalue weighted by Crippen LogP contribution is -2.39. The molecule has 2 fully saturated rings. The van der Waals surface area contributed by atoms with E-state index >= 15 is 0 Å². The second-order valence-corrected chi connectivity index (χ2v) is 8.67. The molecule has 0 bridgehead atoms. The lowest BCUT2D eigenvalue weighted by atomic mass is 9.96. The number of aromatic amines is 1. The van der Waals surface area contributed by atoms with Crippen LogP contribution in [0.4, 0.5) is 0 Å². The zero-order valence-electron chi connectivity index (χ0n) is 17.9. The number of carbonyl (C=O) groups is 1. The Kier molecular flexibility index (Phi) is 6.79. The van der Waals surface area contributed by atoms with Gasteiger partial charge >= 0.3 is 5.97 Å². The van der Waals surface area contributed by atoms with E-state index in [1.165, 1.54) is 65.3 Å². The van der Waals surface area contributed by atoms with Crippen molar-refractivity contribution in [1.29, 1.82) is 0 Å². The number of H-pyrrole nitrogens is 1. The van der Waals surface area contributed by atoms with Crippen LogP contribution in [0.1, 0.15) is 54.7 Å². The number of rotatable bonds is 5. The van der Waals surface area contributed by atoms with Crippen molar-refractivity contribution >= 4 is 16.9 Å². The number of esters is 1. The number of fused-ring (bicyclic) bond motifs is 1. The molecule has 0 atom stereocenters. The summed E-state index contributed by atoms with van der Waals surface area (Å²) in [6, 6.07) is 4.86. The van der Waals surface area contributed by atoms with E-state index in [1.54, 1.807) is 18.2 Å². The highest BCUT2D eigenvalue weighted by Gasteiger charge is 2.22. The minimum atomic E-state index is -0.424. The Morgan fingerprint density at radius 3 is 2.53 bits per heavy atom. The number of hydrogen-bond donors (Lipinski definition) is 1. The SMILES string of the molecule is COC(=O)c1ccc2c(=O)[nH]c(CN3CCC(CN4CCCCCC4)CC3)nc2c1. The Morgan fingerprint density at radius 1 is 1.10 bits per heavy atom. The number of methoxy groups -OCH3 is 1. The molecule has 0 unspecified atom stereocenters. The summed E-state index contributed by atoms with van der Waals surface area (Å²) in [6.45, 7) is 6.44. The standard InChI is InChI=1S/C23H32N4O3/c1-30-23(29)18-6-7-19-20(14-18)24-21(25-22(19)28)16-27-12-8-17(9-13-27)15-26-10-4-2-3-5-11-26/h6-7,14,17H,2-5,8-13,15-16H2,1H3,(H,24,25,28). The summed E-state index contributed by atoms with van der Waals surface area (Å²) in [5.74, 6) is 0.998. The first kappa shape index (κ1) is 21.0. The van der Waals surface area contributed by atoms with Gasteiger partial charge < -0.3 is 14.6 Å². The van der Waals surface area contributed by atoms with Crippen LogP contribution in [0.5, 0.6) is 0 Å². The molecule has 0 amide bonds. The number of hydrogen-bond acceptors (Lipinski definition) is 6. The van der Waals surface area contributed by atoms with Gasteiger partial charge in [-0.3, -0.25) is 9.69 Å². The minimum absolute atomic E-state index is 0.164. The molecule has 162 valence electrons. The molecule has 2 saturated heterocycles. The van der Waals surface area contributed by atoms with E-state index in [9.17, 15) is 9.59 Å². The Labute approximate surface area is 177 Å². The van der Waals surface area contributed by atoms with Crippen LogP contribution >= 0.6 is 0 Å². The molecule has 1 aromatic heterocycles. The van der Waals surface area contributed by atoms with Gasteiger partial charge in [-0.1, -0.05) is 12.8 Å². The van der Waals surface area contributed by atoms with Crippen molar-refractivity contribution in [2.24, 2.45) is 5.92 Å². The number of ether oxygens (including phenoxy) is 1. The first-order valence-corrected chi connectivity index (χ1v) is 11.2. The molecule has 1 N–H and O–H groups in total. The van der Waals surface area contributed by atoms with Crippen LogP contribution in [0.25, 0.3) is 10.9 Å². The molecule has 30 heavy (non-hydrogen) atoms. The van der Waals surface area contributed by atoms with E-state index in [-0.39, 0.29) is 5.56 Å². The van der Waals surface area contributed by atoms with Gasteiger partial charge in [0.25, 0.3) is 5.56 Å². The van der Waals surface area contributed by atoms with Crippen LogP contribution in [0.2, 0.25) is 0 Å². The number of nitrogens with one attached hydrogen (secondary N) is 1. The lowest BCUT2D eigenvalue weighted by Gasteiger charge is -2.34. The Balaban J connectivity index is 1.37. The zero-order chi connectivity index (χ0) is 20.9. The largest absolute Gasteiger partial charge is 0.465 e. The molecule has 0 spiro atoms. The molecule has 2 aliphatic heterocycles. The van der Waals surface area contributed by atoms with Gasteiger partial charge in [0, 0.05) is 6.54 Å². The Bertz CT molecular complexity index is 926. The van der Waals surface area contributed by atoms with E-state index in [4.69, 9.17) is 4.74 Å². The molecule has 0 radical (unpaired) electrons. The fourth-order valence-corrected chi connectivity index (χ4v) is 4.73. The molecular weight excluding hydrogens is 380 g/mol. The van der Waals surface area contributed by atoms with Crippen molar-refractivity contribution < 1.29 is 9.53 Å². The van der Waals surface area contributed by atoms with Crippen molar-refractivity contribution in [1.82, 2.24) is 19.8 Å². The van der Waals surface area contributed by atoms with E-state index in [0.717, 1.165) is 19.0 Å². The van der Waals surface area contributed by atoms with Gasteiger partial charge in [-0.15, -0.1) is 0 Å². The maximum atomic E-state index is 12.5. The summed E-state index contributed by atoms with van der Waals surface area (Å²) in [4.78, 5) is 36.8. The molecule has 4 rings (SSSR count). The quantitative estimate of drug-likeness (QED) is 0.761. The number of aromatic nitrogens is 2. The van der Waals surface area contributed by atoms with Gasteiger partial charge in [-0.25, -0.2) is 9.78 Å². The van der Waals surface area contributed by atoms with E-state index in [2.05, 4.69) is 19.8 Å². The highest BCUT2D eigenvalue weighted by molar-refractivity contribution is 5.93. The normalized spacial score (nSPS) is 19.6. The minimum Gasteiger partial charge on any atom is -0.465 e. The van der Waals surface area contributed by atoms with Crippen molar-refractivity contribution in [3.8, 4) is 0 Å². The number of piperidine rings is 1. The third-order valence-corrected chi connectivity index (χ3v) is 6.47. The lowest BCUT2D eigenvalue weighted by molar-refractivity contribution is 0.0601. The average molecular weight is 413 g/mol. The highest BCUT2D eigenvalue weighted by Crippen LogP contribution is 2.21. The molecule has 1 aromatic carbocycles. The van der Waals surface area contributed by atoms with Gasteiger partial charge in [0.05, 0.1) is 30.1 Å². The van der Waals surface area contributed by atoms with Crippen molar-refractivity contribution in [2.75, 3.05) is 39.8 Å². The van der Waals surface area contributed by atoms with E-state index < -0.39 is 5.97 Å². The Morgan fingerprint density at radius 2 is 1.83 bits per heavy atom. The monoisotopic (exact) mass is 412 g/mol. The second-order valence-electron chi connectivity index (χ2n) is 8.67. The predicted molar refractivity (Wildman–Crippen MR) is 117 cm³/mol. The third kappa shape index (κ3) is 5.08.